The SMILES string of the molecule is COc1cc(/C=C\C(=O)O)ccc1OCc1ccc(Cl)cc1. The van der Waals surface area contributed by atoms with Crippen molar-refractivity contribution in [3.05, 3.63) is 64.7 Å². The van der Waals surface area contributed by atoms with Crippen molar-refractivity contribution in [1.82, 2.24) is 0 Å². The number of halogens is 1. The van der Waals surface area contributed by atoms with Crippen LogP contribution in [0.2, 0.25) is 5.02 Å². The number of aliphatic carboxylic acids is 1. The van der Waals surface area contributed by atoms with Crippen LogP contribution in [0, 0.1) is 0 Å². The van der Waals surface area contributed by atoms with Gasteiger partial charge in [-0.15, -0.1) is 0 Å². The minimum absolute atomic E-state index is 0.387. The molecule has 0 heterocycles. The van der Waals surface area contributed by atoms with E-state index in [1.54, 1.807) is 30.3 Å². The highest BCUT2D eigenvalue weighted by atomic mass is 35.5. The molecule has 0 unspecified atom stereocenters. The first-order chi connectivity index (χ1) is 10.6. The molecule has 0 saturated carbocycles. The predicted molar refractivity (Wildman–Crippen MR) is 85.4 cm³/mol. The highest BCUT2D eigenvalue weighted by molar-refractivity contribution is 6.30. The molecule has 1 N–H and O–H groups in total. The second-order valence-corrected chi connectivity index (χ2v) is 4.93. The molecule has 0 spiro atoms. The third-order valence-electron chi connectivity index (χ3n) is 2.91. The van der Waals surface area contributed by atoms with Gasteiger partial charge < -0.3 is 14.6 Å². The van der Waals surface area contributed by atoms with Crippen LogP contribution in [0.25, 0.3) is 6.08 Å². The zero-order valence-electron chi connectivity index (χ0n) is 12.0. The smallest absolute Gasteiger partial charge is 0.328 e. The number of carbonyl (C=O) groups is 1. The summed E-state index contributed by atoms with van der Waals surface area (Å²) in [4.78, 5) is 10.5. The van der Waals surface area contributed by atoms with Crippen molar-refractivity contribution < 1.29 is 19.4 Å². The Morgan fingerprint density at radius 2 is 1.91 bits per heavy atom. The zero-order chi connectivity index (χ0) is 15.9. The summed E-state index contributed by atoms with van der Waals surface area (Å²) in [5.74, 6) is 0.133. The van der Waals surface area contributed by atoms with Crippen LogP contribution < -0.4 is 9.47 Å². The van der Waals surface area contributed by atoms with Crippen molar-refractivity contribution in [2.75, 3.05) is 7.11 Å². The molecule has 0 radical (unpaired) electrons. The quantitative estimate of drug-likeness (QED) is 0.817. The van der Waals surface area contributed by atoms with Crippen molar-refractivity contribution in [2.24, 2.45) is 0 Å². The van der Waals surface area contributed by atoms with Crippen LogP contribution in [-0.4, -0.2) is 18.2 Å². The van der Waals surface area contributed by atoms with Gasteiger partial charge in [0.1, 0.15) is 6.61 Å². The first kappa shape index (κ1) is 15.9. The number of methoxy groups -OCH3 is 1. The molecule has 0 aliphatic rings. The summed E-state index contributed by atoms with van der Waals surface area (Å²) in [5.41, 5.74) is 1.71. The van der Waals surface area contributed by atoms with E-state index in [9.17, 15) is 4.79 Å². The molecule has 0 bridgehead atoms. The first-order valence-electron chi connectivity index (χ1n) is 6.55. The van der Waals surface area contributed by atoms with Gasteiger partial charge in [-0.25, -0.2) is 4.79 Å². The lowest BCUT2D eigenvalue weighted by molar-refractivity contribution is -0.131. The normalized spacial score (nSPS) is 10.6. The van der Waals surface area contributed by atoms with E-state index in [1.165, 1.54) is 13.2 Å². The minimum Gasteiger partial charge on any atom is -0.493 e. The summed E-state index contributed by atoms with van der Waals surface area (Å²) in [6, 6.07) is 12.6. The highest BCUT2D eigenvalue weighted by Crippen LogP contribution is 2.29. The lowest BCUT2D eigenvalue weighted by atomic mass is 10.2. The third kappa shape index (κ3) is 4.53. The minimum atomic E-state index is -0.998. The monoisotopic (exact) mass is 318 g/mol. The first-order valence-corrected chi connectivity index (χ1v) is 6.92. The lowest BCUT2D eigenvalue weighted by Crippen LogP contribution is -1.98. The Balaban J connectivity index is 2.10. The van der Waals surface area contributed by atoms with E-state index >= 15 is 0 Å². The van der Waals surface area contributed by atoms with Crippen molar-refractivity contribution in [3.63, 3.8) is 0 Å². The Morgan fingerprint density at radius 3 is 2.55 bits per heavy atom. The van der Waals surface area contributed by atoms with Gasteiger partial charge in [0.2, 0.25) is 0 Å². The maximum atomic E-state index is 10.5. The molecular formula is C17H15ClO4. The summed E-state index contributed by atoms with van der Waals surface area (Å²) < 4.78 is 11.0. The molecule has 0 atom stereocenters. The highest BCUT2D eigenvalue weighted by Gasteiger charge is 2.05. The summed E-state index contributed by atoms with van der Waals surface area (Å²) in [7, 11) is 1.54. The van der Waals surface area contributed by atoms with Crippen LogP contribution in [0.15, 0.2) is 48.5 Å². The van der Waals surface area contributed by atoms with Gasteiger partial charge in [-0.3, -0.25) is 0 Å². The van der Waals surface area contributed by atoms with E-state index in [-0.39, 0.29) is 0 Å². The average Bonchev–Trinajstić information content (AvgIpc) is 2.52. The van der Waals surface area contributed by atoms with Crippen molar-refractivity contribution in [3.8, 4) is 11.5 Å². The third-order valence-corrected chi connectivity index (χ3v) is 3.17. The molecule has 0 aromatic heterocycles. The van der Waals surface area contributed by atoms with Gasteiger partial charge in [0.25, 0.3) is 0 Å². The van der Waals surface area contributed by atoms with Crippen LogP contribution in [0.5, 0.6) is 11.5 Å². The Kier molecular flexibility index (Phi) is 5.44. The van der Waals surface area contributed by atoms with E-state index in [1.807, 2.05) is 12.1 Å². The molecule has 0 aliphatic heterocycles. The van der Waals surface area contributed by atoms with Crippen LogP contribution in [0.3, 0.4) is 0 Å². The molecule has 2 rings (SSSR count). The van der Waals surface area contributed by atoms with Gasteiger partial charge >= 0.3 is 5.97 Å². The molecule has 0 amide bonds. The molecule has 114 valence electrons. The van der Waals surface area contributed by atoms with E-state index in [2.05, 4.69) is 0 Å². The second-order valence-electron chi connectivity index (χ2n) is 4.50. The zero-order valence-corrected chi connectivity index (χ0v) is 12.7. The largest absolute Gasteiger partial charge is 0.493 e. The Hall–Kier alpha value is -2.46. The Bertz CT molecular complexity index is 678. The van der Waals surface area contributed by atoms with Crippen LogP contribution in [0.4, 0.5) is 0 Å². The fourth-order valence-corrected chi connectivity index (χ4v) is 1.94. The standard InChI is InChI=1S/C17H15ClO4/c1-21-16-10-12(5-9-17(19)20)4-8-15(16)22-11-13-2-6-14(18)7-3-13/h2-10H,11H2,1H3,(H,19,20)/b9-5-. The molecule has 0 saturated heterocycles. The second kappa shape index (κ2) is 7.52. The maximum absolute atomic E-state index is 10.5. The number of hydrogen-bond acceptors (Lipinski definition) is 3. The number of rotatable bonds is 6. The topological polar surface area (TPSA) is 55.8 Å². The van der Waals surface area contributed by atoms with E-state index < -0.39 is 5.97 Å². The van der Waals surface area contributed by atoms with Gasteiger partial charge in [0.05, 0.1) is 7.11 Å². The summed E-state index contributed by atoms with van der Waals surface area (Å²) >= 11 is 5.84. The van der Waals surface area contributed by atoms with Crippen LogP contribution >= 0.6 is 11.6 Å². The summed E-state index contributed by atoms with van der Waals surface area (Å²) in [6.07, 6.45) is 2.57. The van der Waals surface area contributed by atoms with Crippen molar-refractivity contribution in [1.29, 1.82) is 0 Å². The van der Waals surface area contributed by atoms with E-state index in [0.717, 1.165) is 17.2 Å². The maximum Gasteiger partial charge on any atom is 0.328 e. The number of benzene rings is 2. The fourth-order valence-electron chi connectivity index (χ4n) is 1.82. The van der Waals surface area contributed by atoms with Gasteiger partial charge in [-0.2, -0.15) is 0 Å². The molecule has 0 fully saturated rings. The fraction of sp³-hybridized carbons (Fsp3) is 0.118. The molecule has 4 nitrogen and oxygen atoms in total. The molecular weight excluding hydrogens is 304 g/mol. The molecule has 22 heavy (non-hydrogen) atoms. The number of hydrogen-bond donors (Lipinski definition) is 1. The van der Waals surface area contributed by atoms with Crippen LogP contribution in [0.1, 0.15) is 11.1 Å². The molecule has 5 heteroatoms. The molecule has 2 aromatic rings. The lowest BCUT2D eigenvalue weighted by Gasteiger charge is -2.11. The molecule has 0 aliphatic carbocycles. The van der Waals surface area contributed by atoms with Gasteiger partial charge in [-0.05, 0) is 41.5 Å². The van der Waals surface area contributed by atoms with Gasteiger partial charge in [0, 0.05) is 11.1 Å². The van der Waals surface area contributed by atoms with Crippen molar-refractivity contribution >= 4 is 23.6 Å². The Labute approximate surface area is 133 Å². The van der Waals surface area contributed by atoms with Crippen molar-refractivity contribution in [2.45, 2.75) is 6.61 Å². The van der Waals surface area contributed by atoms with Gasteiger partial charge in [0.15, 0.2) is 11.5 Å². The predicted octanol–water partition coefficient (Wildman–Crippen LogP) is 4.03. The van der Waals surface area contributed by atoms with E-state index in [0.29, 0.717) is 23.1 Å². The van der Waals surface area contributed by atoms with Gasteiger partial charge in [-0.1, -0.05) is 29.8 Å². The number of carboxylic acid groups (broad SMARTS) is 1. The summed E-state index contributed by atoms with van der Waals surface area (Å²) in [5, 5.41) is 9.31. The van der Waals surface area contributed by atoms with Crippen LogP contribution in [-0.2, 0) is 11.4 Å². The number of carboxylic acids is 1. The Morgan fingerprint density at radius 1 is 1.18 bits per heavy atom. The number of ether oxygens (including phenoxy) is 2. The summed E-state index contributed by atoms with van der Waals surface area (Å²) in [6.45, 7) is 0.387. The average molecular weight is 319 g/mol. The molecule has 2 aromatic carbocycles. The van der Waals surface area contributed by atoms with E-state index in [4.69, 9.17) is 26.2 Å².